The Balaban J connectivity index is 1.93. The average Bonchev–Trinajstić information content (AvgIpc) is 2.96. The number of aromatic nitrogens is 1. The average molecular weight is 287 g/mol. The Labute approximate surface area is 124 Å². The van der Waals surface area contributed by atoms with Crippen LogP contribution in [0.15, 0.2) is 24.4 Å². The Morgan fingerprint density at radius 3 is 3.05 bits per heavy atom. The van der Waals surface area contributed by atoms with E-state index in [1.54, 1.807) is 11.3 Å². The van der Waals surface area contributed by atoms with Crippen molar-refractivity contribution in [3.8, 4) is 10.6 Å². The molecule has 1 N–H and O–H groups in total. The van der Waals surface area contributed by atoms with E-state index in [-0.39, 0.29) is 0 Å². The fraction of sp³-hybridized carbons (Fsp3) is 0.438. The van der Waals surface area contributed by atoms with Crippen LogP contribution in [0.4, 0.5) is 5.69 Å². The molecule has 0 fully saturated rings. The fourth-order valence-electron chi connectivity index (χ4n) is 2.68. The van der Waals surface area contributed by atoms with Crippen molar-refractivity contribution in [3.63, 3.8) is 0 Å². The van der Waals surface area contributed by atoms with Gasteiger partial charge in [0.15, 0.2) is 0 Å². The Morgan fingerprint density at radius 1 is 1.40 bits per heavy atom. The van der Waals surface area contributed by atoms with Crippen molar-refractivity contribution in [3.05, 3.63) is 34.8 Å². The van der Waals surface area contributed by atoms with E-state index in [0.717, 1.165) is 11.6 Å². The Kier molecular flexibility index (Phi) is 3.76. The molecule has 1 aromatic carbocycles. The van der Waals surface area contributed by atoms with Crippen molar-refractivity contribution in [2.45, 2.75) is 25.8 Å². The molecule has 0 saturated heterocycles. The van der Waals surface area contributed by atoms with Gasteiger partial charge in [0.1, 0.15) is 5.01 Å². The van der Waals surface area contributed by atoms with Crippen LogP contribution in [0.1, 0.15) is 29.8 Å². The van der Waals surface area contributed by atoms with E-state index in [0.29, 0.717) is 6.04 Å². The van der Waals surface area contributed by atoms with E-state index in [1.807, 2.05) is 13.2 Å². The fourth-order valence-corrected chi connectivity index (χ4v) is 3.65. The topological polar surface area (TPSA) is 28.2 Å². The summed E-state index contributed by atoms with van der Waals surface area (Å²) in [5.41, 5.74) is 4.08. The zero-order chi connectivity index (χ0) is 14.1. The molecule has 1 aliphatic heterocycles. The molecule has 1 unspecified atom stereocenters. The number of aryl methyl sites for hydroxylation is 1. The lowest BCUT2D eigenvalue weighted by molar-refractivity contribution is 0.662. The summed E-state index contributed by atoms with van der Waals surface area (Å²) >= 11 is 1.78. The van der Waals surface area contributed by atoms with Crippen molar-refractivity contribution in [2.24, 2.45) is 0 Å². The van der Waals surface area contributed by atoms with E-state index >= 15 is 0 Å². The highest BCUT2D eigenvalue weighted by Crippen LogP contribution is 2.33. The van der Waals surface area contributed by atoms with Crippen molar-refractivity contribution in [2.75, 3.05) is 25.5 Å². The maximum absolute atomic E-state index is 4.59. The van der Waals surface area contributed by atoms with Crippen LogP contribution in [0.25, 0.3) is 10.6 Å². The molecule has 2 aromatic rings. The van der Waals surface area contributed by atoms with Crippen LogP contribution in [0.3, 0.4) is 0 Å². The summed E-state index contributed by atoms with van der Waals surface area (Å²) in [4.78, 5) is 8.22. The van der Waals surface area contributed by atoms with Crippen molar-refractivity contribution in [1.82, 2.24) is 10.3 Å². The summed E-state index contributed by atoms with van der Waals surface area (Å²) in [6, 6.07) is 7.13. The second-order valence-corrected chi connectivity index (χ2v) is 6.51. The third kappa shape index (κ3) is 2.45. The molecule has 1 aromatic heterocycles. The molecular formula is C16H21N3S. The van der Waals surface area contributed by atoms with E-state index in [4.69, 9.17) is 0 Å². The lowest BCUT2D eigenvalue weighted by Gasteiger charge is -2.27. The van der Waals surface area contributed by atoms with Crippen LogP contribution in [0.2, 0.25) is 0 Å². The number of anilines is 1. The standard InChI is InChI=1S/C16H21N3S/c1-11(17-2)15-10-18-16(20-15)13-6-7-14-12(9-13)5-4-8-19(14)3/h6-7,9-11,17H,4-5,8H2,1-3H3. The number of rotatable bonds is 3. The molecule has 106 valence electrons. The van der Waals surface area contributed by atoms with Gasteiger partial charge in [0.05, 0.1) is 0 Å². The second kappa shape index (κ2) is 5.54. The Bertz CT molecular complexity index is 606. The molecule has 3 rings (SSSR count). The SMILES string of the molecule is CNC(C)c1cnc(-c2ccc3c(c2)CCCN3C)s1. The molecule has 4 heteroatoms. The minimum absolute atomic E-state index is 0.366. The van der Waals surface area contributed by atoms with E-state index < -0.39 is 0 Å². The van der Waals surface area contributed by atoms with Crippen LogP contribution >= 0.6 is 11.3 Å². The van der Waals surface area contributed by atoms with Gasteiger partial charge < -0.3 is 10.2 Å². The first kappa shape index (κ1) is 13.6. The van der Waals surface area contributed by atoms with E-state index in [1.165, 1.54) is 34.5 Å². The first-order valence-corrected chi connectivity index (χ1v) is 7.98. The van der Waals surface area contributed by atoms with Crippen LogP contribution in [0.5, 0.6) is 0 Å². The molecule has 0 bridgehead atoms. The maximum Gasteiger partial charge on any atom is 0.123 e. The summed E-state index contributed by atoms with van der Waals surface area (Å²) < 4.78 is 0. The van der Waals surface area contributed by atoms with Gasteiger partial charge >= 0.3 is 0 Å². The summed E-state index contributed by atoms with van der Waals surface area (Å²) in [7, 11) is 4.16. The van der Waals surface area contributed by atoms with Crippen LogP contribution in [0, 0.1) is 0 Å². The summed E-state index contributed by atoms with van der Waals surface area (Å²) in [5.74, 6) is 0. The van der Waals surface area contributed by atoms with Gasteiger partial charge in [-0.15, -0.1) is 11.3 Å². The number of fused-ring (bicyclic) bond motifs is 1. The molecule has 20 heavy (non-hydrogen) atoms. The third-order valence-corrected chi connectivity index (χ3v) is 5.29. The third-order valence-electron chi connectivity index (χ3n) is 4.06. The number of nitrogens with zero attached hydrogens (tertiary/aromatic N) is 2. The molecule has 0 aliphatic carbocycles. The Hall–Kier alpha value is -1.39. The number of hydrogen-bond donors (Lipinski definition) is 1. The molecule has 1 aliphatic rings. The Morgan fingerprint density at radius 2 is 2.25 bits per heavy atom. The molecule has 1 atom stereocenters. The van der Waals surface area contributed by atoms with Gasteiger partial charge in [-0.05, 0) is 50.6 Å². The predicted octanol–water partition coefficient (Wildman–Crippen LogP) is 3.47. The van der Waals surface area contributed by atoms with Gasteiger partial charge in [0.2, 0.25) is 0 Å². The molecule has 0 spiro atoms. The van der Waals surface area contributed by atoms with Crippen LogP contribution < -0.4 is 10.2 Å². The zero-order valence-corrected chi connectivity index (χ0v) is 13.1. The van der Waals surface area contributed by atoms with Gasteiger partial charge in [-0.1, -0.05) is 0 Å². The van der Waals surface area contributed by atoms with Gasteiger partial charge in [0.25, 0.3) is 0 Å². The van der Waals surface area contributed by atoms with Crippen molar-refractivity contribution >= 4 is 17.0 Å². The molecule has 0 amide bonds. The monoisotopic (exact) mass is 287 g/mol. The largest absolute Gasteiger partial charge is 0.374 e. The molecule has 2 heterocycles. The minimum Gasteiger partial charge on any atom is -0.374 e. The maximum atomic E-state index is 4.59. The van der Waals surface area contributed by atoms with Crippen LogP contribution in [-0.4, -0.2) is 25.6 Å². The highest BCUT2D eigenvalue weighted by molar-refractivity contribution is 7.15. The minimum atomic E-state index is 0.366. The smallest absolute Gasteiger partial charge is 0.123 e. The summed E-state index contributed by atoms with van der Waals surface area (Å²) in [6.07, 6.45) is 4.41. The van der Waals surface area contributed by atoms with Gasteiger partial charge in [-0.3, -0.25) is 0 Å². The summed E-state index contributed by atoms with van der Waals surface area (Å²) in [5, 5.41) is 4.39. The number of thiazole rings is 1. The van der Waals surface area contributed by atoms with E-state index in [2.05, 4.69) is 47.4 Å². The second-order valence-electron chi connectivity index (χ2n) is 5.45. The first-order chi connectivity index (χ1) is 9.69. The summed E-state index contributed by atoms with van der Waals surface area (Å²) in [6.45, 7) is 3.33. The highest BCUT2D eigenvalue weighted by Gasteiger charge is 2.15. The molecule has 0 radical (unpaired) electrons. The van der Waals surface area contributed by atoms with Crippen molar-refractivity contribution in [1.29, 1.82) is 0 Å². The molecule has 0 saturated carbocycles. The predicted molar refractivity (Wildman–Crippen MR) is 86.6 cm³/mol. The van der Waals surface area contributed by atoms with Gasteiger partial charge in [0, 0.05) is 42.0 Å². The lowest BCUT2D eigenvalue weighted by atomic mass is 10.00. The van der Waals surface area contributed by atoms with E-state index in [9.17, 15) is 0 Å². The number of hydrogen-bond acceptors (Lipinski definition) is 4. The van der Waals surface area contributed by atoms with Gasteiger partial charge in [-0.2, -0.15) is 0 Å². The number of nitrogens with one attached hydrogen (secondary N) is 1. The van der Waals surface area contributed by atoms with Gasteiger partial charge in [-0.25, -0.2) is 4.98 Å². The molecular weight excluding hydrogens is 266 g/mol. The highest BCUT2D eigenvalue weighted by atomic mass is 32.1. The zero-order valence-electron chi connectivity index (χ0n) is 12.3. The van der Waals surface area contributed by atoms with Crippen molar-refractivity contribution < 1.29 is 0 Å². The lowest BCUT2D eigenvalue weighted by Crippen LogP contribution is -2.24. The normalized spacial score (nSPS) is 16.1. The molecule has 3 nitrogen and oxygen atoms in total. The quantitative estimate of drug-likeness (QED) is 0.937. The first-order valence-electron chi connectivity index (χ1n) is 7.16. The number of benzene rings is 1. The van der Waals surface area contributed by atoms with Crippen LogP contribution in [-0.2, 0) is 6.42 Å².